The van der Waals surface area contributed by atoms with Crippen LogP contribution in [0.1, 0.15) is 16.2 Å². The van der Waals surface area contributed by atoms with E-state index in [4.69, 9.17) is 4.74 Å². The summed E-state index contributed by atoms with van der Waals surface area (Å²) in [6.45, 7) is 1.90. The normalized spacial score (nSPS) is 11.0. The van der Waals surface area contributed by atoms with Crippen molar-refractivity contribution in [1.29, 1.82) is 0 Å². The second-order valence-electron chi connectivity index (χ2n) is 5.84. The first kappa shape index (κ1) is 15.2. The molecule has 5 nitrogen and oxygen atoms in total. The van der Waals surface area contributed by atoms with Crippen LogP contribution in [0.5, 0.6) is 5.75 Å². The van der Waals surface area contributed by atoms with E-state index in [0.717, 1.165) is 27.5 Å². The molecule has 124 valence electrons. The first-order valence-corrected chi connectivity index (χ1v) is 8.00. The molecule has 0 spiro atoms. The maximum atomic E-state index is 12.7. The van der Waals surface area contributed by atoms with Crippen molar-refractivity contribution in [1.82, 2.24) is 9.97 Å². The minimum absolute atomic E-state index is 0.264. The van der Waals surface area contributed by atoms with Gasteiger partial charge < -0.3 is 15.0 Å². The Morgan fingerprint density at radius 3 is 2.68 bits per heavy atom. The number of para-hydroxylation sites is 3. The second-order valence-corrected chi connectivity index (χ2v) is 5.84. The number of carbonyl (C=O) groups excluding carboxylic acids is 1. The maximum absolute atomic E-state index is 12.7. The summed E-state index contributed by atoms with van der Waals surface area (Å²) >= 11 is 0. The van der Waals surface area contributed by atoms with Gasteiger partial charge in [-0.3, -0.25) is 4.79 Å². The van der Waals surface area contributed by atoms with Gasteiger partial charge in [0.05, 0.1) is 24.0 Å². The molecule has 5 heteroatoms. The summed E-state index contributed by atoms with van der Waals surface area (Å²) in [5, 5.41) is 4.95. The summed E-state index contributed by atoms with van der Waals surface area (Å²) in [4.78, 5) is 20.5. The molecular formula is C20H17N3O2. The molecule has 2 aromatic carbocycles. The largest absolute Gasteiger partial charge is 0.495 e. The van der Waals surface area contributed by atoms with Crippen LogP contribution in [0, 0.1) is 6.92 Å². The lowest BCUT2D eigenvalue weighted by Gasteiger charge is -2.10. The van der Waals surface area contributed by atoms with Crippen LogP contribution >= 0.6 is 0 Å². The topological polar surface area (TPSA) is 67.0 Å². The van der Waals surface area contributed by atoms with Gasteiger partial charge in [-0.25, -0.2) is 4.98 Å². The number of aromatic amines is 1. The van der Waals surface area contributed by atoms with E-state index >= 15 is 0 Å². The fourth-order valence-electron chi connectivity index (χ4n) is 3.06. The standard InChI is InChI=1S/C20H17N3O2/c1-12-19-14(13-7-3-4-8-15(13)22-19)11-17(21-12)20(24)23-16-9-5-6-10-18(16)25-2/h3-11,22H,1-2H3,(H,23,24). The number of pyridine rings is 1. The van der Waals surface area contributed by atoms with Gasteiger partial charge in [0.2, 0.25) is 0 Å². The molecule has 4 aromatic rings. The number of ether oxygens (including phenoxy) is 1. The SMILES string of the molecule is COc1ccccc1NC(=O)c1cc2c([nH]c3ccccc32)c(C)n1. The van der Waals surface area contributed by atoms with E-state index in [1.54, 1.807) is 19.2 Å². The highest BCUT2D eigenvalue weighted by molar-refractivity contribution is 6.12. The number of amides is 1. The number of carbonyl (C=O) groups is 1. The number of rotatable bonds is 3. The van der Waals surface area contributed by atoms with Crippen LogP contribution in [-0.2, 0) is 0 Å². The average Bonchev–Trinajstić information content (AvgIpc) is 3.01. The molecule has 4 rings (SSSR count). The lowest BCUT2D eigenvalue weighted by atomic mass is 10.1. The lowest BCUT2D eigenvalue weighted by molar-refractivity contribution is 0.102. The number of nitrogens with one attached hydrogen (secondary N) is 2. The fourth-order valence-corrected chi connectivity index (χ4v) is 3.06. The van der Waals surface area contributed by atoms with Gasteiger partial charge in [-0.15, -0.1) is 0 Å². The first-order chi connectivity index (χ1) is 12.2. The minimum atomic E-state index is -0.264. The van der Waals surface area contributed by atoms with E-state index in [-0.39, 0.29) is 5.91 Å². The monoisotopic (exact) mass is 331 g/mol. The Kier molecular flexibility index (Phi) is 3.61. The molecule has 0 radical (unpaired) electrons. The van der Waals surface area contributed by atoms with Crippen LogP contribution in [-0.4, -0.2) is 23.0 Å². The average molecular weight is 331 g/mol. The minimum Gasteiger partial charge on any atom is -0.495 e. The Morgan fingerprint density at radius 2 is 1.84 bits per heavy atom. The molecule has 0 unspecified atom stereocenters. The van der Waals surface area contributed by atoms with E-state index in [1.807, 2.05) is 49.4 Å². The number of H-pyrrole nitrogens is 1. The van der Waals surface area contributed by atoms with Crippen LogP contribution in [0.3, 0.4) is 0 Å². The zero-order valence-electron chi connectivity index (χ0n) is 14.0. The van der Waals surface area contributed by atoms with E-state index in [9.17, 15) is 4.79 Å². The molecule has 0 aliphatic rings. The van der Waals surface area contributed by atoms with Gasteiger partial charge in [-0.05, 0) is 31.2 Å². The van der Waals surface area contributed by atoms with Crippen molar-refractivity contribution in [3.8, 4) is 5.75 Å². The summed E-state index contributed by atoms with van der Waals surface area (Å²) in [5.41, 5.74) is 3.77. The summed E-state index contributed by atoms with van der Waals surface area (Å²) in [6, 6.07) is 17.2. The highest BCUT2D eigenvalue weighted by Crippen LogP contribution is 2.28. The fraction of sp³-hybridized carbons (Fsp3) is 0.100. The Balaban J connectivity index is 1.78. The van der Waals surface area contributed by atoms with Crippen LogP contribution in [0.15, 0.2) is 54.6 Å². The molecule has 2 aromatic heterocycles. The number of anilines is 1. The lowest BCUT2D eigenvalue weighted by Crippen LogP contribution is -2.14. The van der Waals surface area contributed by atoms with Crippen LogP contribution in [0.2, 0.25) is 0 Å². The van der Waals surface area contributed by atoms with Crippen molar-refractivity contribution in [3.05, 3.63) is 66.0 Å². The third kappa shape index (κ3) is 2.59. The Bertz CT molecular complexity index is 1100. The molecule has 0 bridgehead atoms. The van der Waals surface area contributed by atoms with Crippen LogP contribution in [0.25, 0.3) is 21.8 Å². The number of hydrogen-bond acceptors (Lipinski definition) is 3. The summed E-state index contributed by atoms with van der Waals surface area (Å²) in [5.74, 6) is 0.348. The Morgan fingerprint density at radius 1 is 1.08 bits per heavy atom. The number of hydrogen-bond donors (Lipinski definition) is 2. The highest BCUT2D eigenvalue weighted by Gasteiger charge is 2.15. The van der Waals surface area contributed by atoms with E-state index in [1.165, 1.54) is 0 Å². The van der Waals surface area contributed by atoms with Crippen molar-refractivity contribution in [2.45, 2.75) is 6.92 Å². The van der Waals surface area contributed by atoms with E-state index in [0.29, 0.717) is 17.1 Å². The number of methoxy groups -OCH3 is 1. The third-order valence-corrected chi connectivity index (χ3v) is 4.27. The predicted octanol–water partition coefficient (Wildman–Crippen LogP) is 4.29. The van der Waals surface area contributed by atoms with Crippen LogP contribution in [0.4, 0.5) is 5.69 Å². The molecule has 25 heavy (non-hydrogen) atoms. The Labute approximate surface area is 144 Å². The Hall–Kier alpha value is -3.34. The van der Waals surface area contributed by atoms with Crippen molar-refractivity contribution < 1.29 is 9.53 Å². The quantitative estimate of drug-likeness (QED) is 0.588. The molecule has 0 fully saturated rings. The number of fused-ring (bicyclic) bond motifs is 3. The van der Waals surface area contributed by atoms with Crippen molar-refractivity contribution >= 4 is 33.4 Å². The van der Waals surface area contributed by atoms with Gasteiger partial charge >= 0.3 is 0 Å². The van der Waals surface area contributed by atoms with Crippen LogP contribution < -0.4 is 10.1 Å². The van der Waals surface area contributed by atoms with Gasteiger partial charge in [0, 0.05) is 16.3 Å². The van der Waals surface area contributed by atoms with Gasteiger partial charge in [0.15, 0.2) is 0 Å². The van der Waals surface area contributed by atoms with Crippen molar-refractivity contribution in [3.63, 3.8) is 0 Å². The molecule has 0 atom stereocenters. The number of aryl methyl sites for hydroxylation is 1. The van der Waals surface area contributed by atoms with Crippen molar-refractivity contribution in [2.24, 2.45) is 0 Å². The zero-order valence-corrected chi connectivity index (χ0v) is 14.0. The van der Waals surface area contributed by atoms with Gasteiger partial charge in [0.25, 0.3) is 5.91 Å². The molecule has 1 amide bonds. The highest BCUT2D eigenvalue weighted by atomic mass is 16.5. The molecule has 2 N–H and O–H groups in total. The van der Waals surface area contributed by atoms with Gasteiger partial charge in [-0.2, -0.15) is 0 Å². The smallest absolute Gasteiger partial charge is 0.274 e. The zero-order chi connectivity index (χ0) is 17.4. The number of nitrogens with zero attached hydrogens (tertiary/aromatic N) is 1. The summed E-state index contributed by atoms with van der Waals surface area (Å²) in [6.07, 6.45) is 0. The van der Waals surface area contributed by atoms with Crippen molar-refractivity contribution in [2.75, 3.05) is 12.4 Å². The molecule has 0 saturated heterocycles. The number of benzene rings is 2. The molecular weight excluding hydrogens is 314 g/mol. The molecule has 0 aliphatic heterocycles. The maximum Gasteiger partial charge on any atom is 0.274 e. The second kappa shape index (κ2) is 5.94. The molecule has 0 aliphatic carbocycles. The number of aromatic nitrogens is 2. The van der Waals surface area contributed by atoms with Gasteiger partial charge in [-0.1, -0.05) is 30.3 Å². The van der Waals surface area contributed by atoms with E-state index < -0.39 is 0 Å². The summed E-state index contributed by atoms with van der Waals surface area (Å²) < 4.78 is 5.28. The summed E-state index contributed by atoms with van der Waals surface area (Å²) in [7, 11) is 1.57. The van der Waals surface area contributed by atoms with E-state index in [2.05, 4.69) is 15.3 Å². The molecule has 0 saturated carbocycles. The molecule has 2 heterocycles. The predicted molar refractivity (Wildman–Crippen MR) is 99.3 cm³/mol. The first-order valence-electron chi connectivity index (χ1n) is 8.00. The third-order valence-electron chi connectivity index (χ3n) is 4.27. The van der Waals surface area contributed by atoms with Gasteiger partial charge in [0.1, 0.15) is 11.4 Å².